The summed E-state index contributed by atoms with van der Waals surface area (Å²) in [6, 6.07) is 7.88. The Balaban J connectivity index is 1.69. The summed E-state index contributed by atoms with van der Waals surface area (Å²) in [5.41, 5.74) is 1.62. The molecule has 1 aliphatic rings. The molecular weight excluding hydrogens is 386 g/mol. The number of esters is 1. The van der Waals surface area contributed by atoms with Crippen LogP contribution >= 0.6 is 22.9 Å². The van der Waals surface area contributed by atoms with Gasteiger partial charge in [-0.15, -0.1) is 11.3 Å². The molecule has 0 spiro atoms. The molecule has 0 saturated carbocycles. The predicted octanol–water partition coefficient (Wildman–Crippen LogP) is 2.76. The molecule has 1 aromatic carbocycles. The minimum Gasteiger partial charge on any atom is -0.454 e. The van der Waals surface area contributed by atoms with Crippen molar-refractivity contribution in [1.82, 2.24) is 0 Å². The highest BCUT2D eigenvalue weighted by molar-refractivity contribution is 7.92. The van der Waals surface area contributed by atoms with Crippen LogP contribution in [0.3, 0.4) is 0 Å². The van der Waals surface area contributed by atoms with Crippen molar-refractivity contribution < 1.29 is 22.7 Å². The van der Waals surface area contributed by atoms with E-state index < -0.39 is 16.0 Å². The van der Waals surface area contributed by atoms with Crippen molar-refractivity contribution in [3.8, 4) is 0 Å². The maximum Gasteiger partial charge on any atom is 0.338 e. The van der Waals surface area contributed by atoms with Gasteiger partial charge in [-0.25, -0.2) is 13.2 Å². The van der Waals surface area contributed by atoms with E-state index in [4.69, 9.17) is 16.3 Å². The number of fused-ring (bicyclic) bond motifs is 1. The zero-order valence-electron chi connectivity index (χ0n) is 13.2. The van der Waals surface area contributed by atoms with Crippen molar-refractivity contribution in [2.75, 3.05) is 23.7 Å². The molecule has 0 bridgehead atoms. The molecule has 132 valence electrons. The van der Waals surface area contributed by atoms with E-state index in [1.165, 1.54) is 10.4 Å². The number of benzene rings is 1. The molecule has 0 saturated heterocycles. The van der Waals surface area contributed by atoms with Gasteiger partial charge in [0.25, 0.3) is 0 Å². The third-order valence-corrected chi connectivity index (χ3v) is 6.20. The Morgan fingerprint density at radius 2 is 2.04 bits per heavy atom. The van der Waals surface area contributed by atoms with Gasteiger partial charge in [-0.2, -0.15) is 0 Å². The molecule has 2 heterocycles. The van der Waals surface area contributed by atoms with E-state index in [1.807, 2.05) is 0 Å². The Hall–Kier alpha value is -1.90. The van der Waals surface area contributed by atoms with Crippen LogP contribution in [0.4, 0.5) is 5.69 Å². The average molecular weight is 400 g/mol. The molecule has 0 aliphatic carbocycles. The van der Waals surface area contributed by atoms with Crippen molar-refractivity contribution in [2.24, 2.45) is 0 Å². The lowest BCUT2D eigenvalue weighted by Crippen LogP contribution is -2.27. The lowest BCUT2D eigenvalue weighted by molar-refractivity contribution is 0.0476. The minimum absolute atomic E-state index is 0.283. The van der Waals surface area contributed by atoms with Crippen molar-refractivity contribution in [2.45, 2.75) is 6.42 Å². The lowest BCUT2D eigenvalue weighted by Gasteiger charge is -2.16. The molecule has 0 N–H and O–H groups in total. The summed E-state index contributed by atoms with van der Waals surface area (Å²) in [5, 5.41) is 0. The molecule has 6 nitrogen and oxygen atoms in total. The summed E-state index contributed by atoms with van der Waals surface area (Å²) in [6.07, 6.45) is 1.67. The largest absolute Gasteiger partial charge is 0.454 e. The number of sulfonamides is 1. The van der Waals surface area contributed by atoms with E-state index in [2.05, 4.69) is 0 Å². The first-order chi connectivity index (χ1) is 11.8. The third-order valence-electron chi connectivity index (χ3n) is 3.75. The van der Waals surface area contributed by atoms with Crippen LogP contribution in [0.15, 0.2) is 30.3 Å². The van der Waals surface area contributed by atoms with Crippen LogP contribution < -0.4 is 4.31 Å². The molecular formula is C16H14ClNO5S2. The van der Waals surface area contributed by atoms with Gasteiger partial charge < -0.3 is 4.74 Å². The van der Waals surface area contributed by atoms with Gasteiger partial charge in [0, 0.05) is 6.54 Å². The fraction of sp³-hybridized carbons (Fsp3) is 0.250. The Morgan fingerprint density at radius 3 is 2.68 bits per heavy atom. The van der Waals surface area contributed by atoms with E-state index >= 15 is 0 Å². The number of ketones is 1. The molecule has 0 fully saturated rings. The second kappa shape index (κ2) is 6.78. The molecule has 1 aromatic heterocycles. The van der Waals surface area contributed by atoms with Crippen LogP contribution in [-0.2, 0) is 21.2 Å². The molecule has 25 heavy (non-hydrogen) atoms. The topological polar surface area (TPSA) is 80.8 Å². The Kier molecular flexibility index (Phi) is 4.86. The van der Waals surface area contributed by atoms with Gasteiger partial charge >= 0.3 is 5.97 Å². The van der Waals surface area contributed by atoms with E-state index in [9.17, 15) is 18.0 Å². The number of anilines is 1. The van der Waals surface area contributed by atoms with E-state index in [0.717, 1.165) is 23.2 Å². The van der Waals surface area contributed by atoms with Gasteiger partial charge in [0.15, 0.2) is 6.61 Å². The van der Waals surface area contributed by atoms with Crippen molar-refractivity contribution in [1.29, 1.82) is 0 Å². The number of hydrogen-bond donors (Lipinski definition) is 0. The molecule has 0 amide bonds. The summed E-state index contributed by atoms with van der Waals surface area (Å²) in [5.74, 6) is -0.953. The van der Waals surface area contributed by atoms with Crippen molar-refractivity contribution in [3.63, 3.8) is 0 Å². The zero-order chi connectivity index (χ0) is 18.2. The van der Waals surface area contributed by atoms with E-state index in [0.29, 0.717) is 27.9 Å². The highest BCUT2D eigenvalue weighted by Crippen LogP contribution is 2.31. The van der Waals surface area contributed by atoms with E-state index in [1.54, 1.807) is 24.3 Å². The maximum absolute atomic E-state index is 12.1. The number of carbonyl (C=O) groups excluding carboxylic acids is 2. The Labute approximate surface area is 154 Å². The normalized spacial score (nSPS) is 13.6. The fourth-order valence-electron chi connectivity index (χ4n) is 2.59. The SMILES string of the molecule is CS(=O)(=O)N1CCc2cc(C(=O)OCC(=O)c3ccc(Cl)s3)ccc21. The summed E-state index contributed by atoms with van der Waals surface area (Å²) < 4.78 is 30.3. The number of rotatable bonds is 5. The Bertz CT molecular complexity index is 951. The van der Waals surface area contributed by atoms with Crippen LogP contribution in [0.25, 0.3) is 0 Å². The standard InChI is InChI=1S/C16H14ClNO5S2/c1-25(21,22)18-7-6-10-8-11(2-3-12(10)18)16(20)23-9-13(19)14-4-5-15(17)24-14/h2-5,8H,6-7,9H2,1H3. The average Bonchev–Trinajstić information content (AvgIpc) is 3.17. The van der Waals surface area contributed by atoms with Crippen molar-refractivity contribution >= 4 is 50.4 Å². The second-order valence-corrected chi connectivity index (χ2v) is 9.15. The van der Waals surface area contributed by atoms with Gasteiger partial charge in [-0.1, -0.05) is 11.6 Å². The number of nitrogens with zero attached hydrogens (tertiary/aromatic N) is 1. The monoisotopic (exact) mass is 399 g/mol. The highest BCUT2D eigenvalue weighted by Gasteiger charge is 2.27. The molecule has 0 atom stereocenters. The van der Waals surface area contributed by atoms with Gasteiger partial charge in [0.1, 0.15) is 0 Å². The smallest absolute Gasteiger partial charge is 0.338 e. The lowest BCUT2D eigenvalue weighted by atomic mass is 10.1. The first-order valence-electron chi connectivity index (χ1n) is 7.32. The Morgan fingerprint density at radius 1 is 1.28 bits per heavy atom. The molecule has 1 aliphatic heterocycles. The summed E-state index contributed by atoms with van der Waals surface area (Å²) in [4.78, 5) is 24.5. The van der Waals surface area contributed by atoms with Crippen molar-refractivity contribution in [3.05, 3.63) is 50.7 Å². The molecule has 2 aromatic rings. The minimum atomic E-state index is -3.34. The van der Waals surface area contributed by atoms with Gasteiger partial charge in [0.2, 0.25) is 15.8 Å². The van der Waals surface area contributed by atoms with Crippen LogP contribution in [0.1, 0.15) is 25.6 Å². The summed E-state index contributed by atoms with van der Waals surface area (Å²) >= 11 is 6.90. The van der Waals surface area contributed by atoms with Gasteiger partial charge in [-0.05, 0) is 42.3 Å². The molecule has 9 heteroatoms. The van der Waals surface area contributed by atoms with Gasteiger partial charge in [0.05, 0.1) is 26.7 Å². The van der Waals surface area contributed by atoms with Crippen LogP contribution in [0, 0.1) is 0 Å². The molecule has 3 rings (SSSR count). The number of Topliss-reactive ketones (excluding diaryl/α,β-unsaturated/α-hetero) is 1. The van der Waals surface area contributed by atoms with Gasteiger partial charge in [-0.3, -0.25) is 9.10 Å². The first kappa shape index (κ1) is 17.9. The van der Waals surface area contributed by atoms with Crippen LogP contribution in [-0.4, -0.2) is 39.6 Å². The van der Waals surface area contributed by atoms with Crippen LogP contribution in [0.2, 0.25) is 4.34 Å². The fourth-order valence-corrected chi connectivity index (χ4v) is 4.52. The number of halogens is 1. The van der Waals surface area contributed by atoms with Crippen LogP contribution in [0.5, 0.6) is 0 Å². The number of hydrogen-bond acceptors (Lipinski definition) is 6. The quantitative estimate of drug-likeness (QED) is 0.570. The highest BCUT2D eigenvalue weighted by atomic mass is 35.5. The third kappa shape index (κ3) is 3.86. The second-order valence-electron chi connectivity index (χ2n) is 5.53. The summed E-state index contributed by atoms with van der Waals surface area (Å²) in [7, 11) is -3.34. The maximum atomic E-state index is 12.1. The first-order valence-corrected chi connectivity index (χ1v) is 10.4. The molecule has 0 radical (unpaired) electrons. The predicted molar refractivity (Wildman–Crippen MR) is 96.3 cm³/mol. The summed E-state index contributed by atoms with van der Waals surface area (Å²) in [6.45, 7) is -0.0213. The number of thiophene rings is 1. The number of carbonyl (C=O) groups is 2. The molecule has 0 unspecified atom stereocenters. The number of ether oxygens (including phenoxy) is 1. The van der Waals surface area contributed by atoms with E-state index in [-0.39, 0.29) is 18.0 Å². The zero-order valence-corrected chi connectivity index (χ0v) is 15.6.